The standard InChI is InChI=1S/C28H20N2O/c1-18-22-9-5-6-10-23(22)27-24-17-21(11-12-26(24)31-28(27)30-18)25-16-20(13-14-29-25)15-19-7-3-2-4-8-19/h2-14,16-17H,15H2,1H3/i1D3,15D2. The minimum absolute atomic E-state index is 0.0161. The molecule has 3 heteroatoms. The van der Waals surface area contributed by atoms with Gasteiger partial charge >= 0.3 is 0 Å². The van der Waals surface area contributed by atoms with Gasteiger partial charge in [-0.3, -0.25) is 4.98 Å². The Bertz CT molecular complexity index is 1760. The zero-order valence-electron chi connectivity index (χ0n) is 21.5. The van der Waals surface area contributed by atoms with Gasteiger partial charge in [-0.15, -0.1) is 0 Å². The van der Waals surface area contributed by atoms with Crippen molar-refractivity contribution >= 4 is 32.8 Å². The number of aromatic nitrogens is 2. The fourth-order valence-electron chi connectivity index (χ4n) is 4.01. The van der Waals surface area contributed by atoms with Crippen molar-refractivity contribution in [1.29, 1.82) is 0 Å². The second-order valence-corrected chi connectivity index (χ2v) is 7.42. The fourth-order valence-corrected chi connectivity index (χ4v) is 4.01. The third-order valence-electron chi connectivity index (χ3n) is 5.45. The molecule has 6 aromatic rings. The largest absolute Gasteiger partial charge is 0.438 e. The molecule has 31 heavy (non-hydrogen) atoms. The van der Waals surface area contributed by atoms with E-state index in [4.69, 9.17) is 11.3 Å². The molecule has 3 heterocycles. The highest BCUT2D eigenvalue weighted by atomic mass is 16.3. The molecule has 0 N–H and O–H groups in total. The molecule has 3 aromatic heterocycles. The normalized spacial score (nSPS) is 14.8. The molecule has 0 saturated heterocycles. The molecule has 0 saturated carbocycles. The highest BCUT2D eigenvalue weighted by Gasteiger charge is 2.15. The summed E-state index contributed by atoms with van der Waals surface area (Å²) < 4.78 is 47.2. The molecule has 0 spiro atoms. The Morgan fingerprint density at radius 1 is 0.839 bits per heavy atom. The second kappa shape index (κ2) is 7.06. The number of rotatable bonds is 3. The van der Waals surface area contributed by atoms with Gasteiger partial charge in [0.05, 0.1) is 11.1 Å². The van der Waals surface area contributed by atoms with E-state index in [1.54, 1.807) is 42.6 Å². The van der Waals surface area contributed by atoms with Crippen molar-refractivity contribution in [3.63, 3.8) is 0 Å². The number of fused-ring (bicyclic) bond motifs is 5. The maximum atomic E-state index is 8.71. The van der Waals surface area contributed by atoms with Crippen molar-refractivity contribution in [3.05, 3.63) is 108 Å². The maximum absolute atomic E-state index is 8.71. The van der Waals surface area contributed by atoms with Gasteiger partial charge in [0.25, 0.3) is 0 Å². The van der Waals surface area contributed by atoms with Crippen LogP contribution in [0.3, 0.4) is 0 Å². The zero-order chi connectivity index (χ0) is 25.1. The molecule has 0 aliphatic heterocycles. The summed E-state index contributed by atoms with van der Waals surface area (Å²) >= 11 is 0. The molecular weight excluding hydrogens is 380 g/mol. The molecule has 0 bridgehead atoms. The highest BCUT2D eigenvalue weighted by Crippen LogP contribution is 2.36. The summed E-state index contributed by atoms with van der Waals surface area (Å²) in [4.78, 5) is 8.91. The number of nitrogens with zero attached hydrogens (tertiary/aromatic N) is 2. The van der Waals surface area contributed by atoms with E-state index < -0.39 is 13.2 Å². The molecule has 0 atom stereocenters. The Labute approximate surface area is 187 Å². The van der Waals surface area contributed by atoms with Crippen molar-refractivity contribution < 1.29 is 11.3 Å². The van der Waals surface area contributed by atoms with Gasteiger partial charge in [0.15, 0.2) is 0 Å². The maximum Gasteiger partial charge on any atom is 0.228 e. The van der Waals surface area contributed by atoms with Crippen LogP contribution in [-0.4, -0.2) is 9.97 Å². The minimum Gasteiger partial charge on any atom is -0.438 e. The van der Waals surface area contributed by atoms with E-state index in [0.29, 0.717) is 27.8 Å². The Hall–Kier alpha value is -3.98. The molecule has 0 unspecified atom stereocenters. The van der Waals surface area contributed by atoms with Gasteiger partial charge in [-0.1, -0.05) is 54.6 Å². The first-order valence-corrected chi connectivity index (χ1v) is 10.0. The number of benzene rings is 3. The Kier molecular flexibility index (Phi) is 3.04. The third kappa shape index (κ3) is 3.06. The Morgan fingerprint density at radius 2 is 1.68 bits per heavy atom. The van der Waals surface area contributed by atoms with Crippen molar-refractivity contribution in [1.82, 2.24) is 9.97 Å². The third-order valence-corrected chi connectivity index (χ3v) is 5.45. The first-order chi connectivity index (χ1) is 17.2. The monoisotopic (exact) mass is 405 g/mol. The van der Waals surface area contributed by atoms with E-state index in [1.807, 2.05) is 48.5 Å². The van der Waals surface area contributed by atoms with E-state index >= 15 is 0 Å². The van der Waals surface area contributed by atoms with E-state index in [0.717, 1.165) is 21.7 Å². The summed E-state index contributed by atoms with van der Waals surface area (Å²) in [6.45, 7) is -2.37. The first kappa shape index (κ1) is 13.3. The number of hydrogen-bond acceptors (Lipinski definition) is 3. The van der Waals surface area contributed by atoms with Crippen LogP contribution in [0.2, 0.25) is 0 Å². The lowest BCUT2D eigenvalue weighted by molar-refractivity contribution is 0.653. The summed E-state index contributed by atoms with van der Waals surface area (Å²) in [6, 6.07) is 25.4. The number of furan rings is 1. The molecule has 6 rings (SSSR count). The predicted octanol–water partition coefficient (Wildman–Crippen LogP) is 7.10. The molecule has 3 nitrogen and oxygen atoms in total. The molecule has 0 aliphatic rings. The second-order valence-electron chi connectivity index (χ2n) is 7.42. The SMILES string of the molecule is [2H]C([2H])([2H])c1nc2oc3ccc(-c4cc(C([2H])([2H])c5ccccc5)ccn4)cc3c2c2ccccc12. The highest BCUT2D eigenvalue weighted by molar-refractivity contribution is 6.18. The lowest BCUT2D eigenvalue weighted by Gasteiger charge is -2.06. The zero-order valence-corrected chi connectivity index (χ0v) is 16.5. The number of hydrogen-bond donors (Lipinski definition) is 0. The van der Waals surface area contributed by atoms with E-state index in [9.17, 15) is 0 Å². The summed E-state index contributed by atoms with van der Waals surface area (Å²) in [7, 11) is 0. The lowest BCUT2D eigenvalue weighted by atomic mass is 10.0. The Balaban J connectivity index is 1.54. The van der Waals surface area contributed by atoms with Gasteiger partial charge in [0.2, 0.25) is 5.71 Å². The quantitative estimate of drug-likeness (QED) is 0.315. The van der Waals surface area contributed by atoms with E-state index in [1.165, 1.54) is 0 Å². The van der Waals surface area contributed by atoms with Crippen LogP contribution >= 0.6 is 0 Å². The van der Waals surface area contributed by atoms with Crippen LogP contribution in [0.4, 0.5) is 0 Å². The van der Waals surface area contributed by atoms with Crippen LogP contribution in [0, 0.1) is 6.85 Å². The van der Waals surface area contributed by atoms with Crippen LogP contribution < -0.4 is 0 Å². The summed E-state index contributed by atoms with van der Waals surface area (Å²) in [5, 5.41) is 2.86. The van der Waals surface area contributed by atoms with Gasteiger partial charge < -0.3 is 4.42 Å². The van der Waals surface area contributed by atoms with Crippen LogP contribution in [-0.2, 0) is 6.37 Å². The lowest BCUT2D eigenvalue weighted by Crippen LogP contribution is -1.91. The van der Waals surface area contributed by atoms with Crippen LogP contribution in [0.25, 0.3) is 44.1 Å². The molecule has 148 valence electrons. The fraction of sp³-hybridized carbons (Fsp3) is 0.0714. The van der Waals surface area contributed by atoms with Crippen molar-refractivity contribution in [3.8, 4) is 11.3 Å². The van der Waals surface area contributed by atoms with Crippen LogP contribution in [0.15, 0.2) is 95.5 Å². The average molecular weight is 406 g/mol. The summed E-state index contributed by atoms with van der Waals surface area (Å²) in [5.41, 5.74) is 3.37. The van der Waals surface area contributed by atoms with Crippen LogP contribution in [0.1, 0.15) is 23.7 Å². The number of aryl methyl sites for hydroxylation is 1. The van der Waals surface area contributed by atoms with Gasteiger partial charge in [0.1, 0.15) is 5.58 Å². The summed E-state index contributed by atoms with van der Waals surface area (Å²) in [5.74, 6) is 0. The number of pyridine rings is 2. The van der Waals surface area contributed by atoms with E-state index in [2.05, 4.69) is 9.97 Å². The summed E-state index contributed by atoms with van der Waals surface area (Å²) in [6.07, 6.45) is -0.0696. The van der Waals surface area contributed by atoms with Crippen molar-refractivity contribution in [2.75, 3.05) is 0 Å². The smallest absolute Gasteiger partial charge is 0.228 e. The van der Waals surface area contributed by atoms with Crippen molar-refractivity contribution in [2.24, 2.45) is 0 Å². The predicted molar refractivity (Wildman–Crippen MR) is 126 cm³/mol. The van der Waals surface area contributed by atoms with Gasteiger partial charge in [-0.2, -0.15) is 0 Å². The van der Waals surface area contributed by atoms with E-state index in [-0.39, 0.29) is 11.4 Å². The minimum atomic E-state index is -2.37. The topological polar surface area (TPSA) is 38.9 Å². The molecule has 0 aliphatic carbocycles. The van der Waals surface area contributed by atoms with Crippen molar-refractivity contribution in [2.45, 2.75) is 13.2 Å². The van der Waals surface area contributed by atoms with Gasteiger partial charge in [0, 0.05) is 35.1 Å². The first-order valence-electron chi connectivity index (χ1n) is 12.5. The molecular formula is C28H20N2O. The molecule has 0 radical (unpaired) electrons. The van der Waals surface area contributed by atoms with Gasteiger partial charge in [-0.05, 0) is 60.1 Å². The molecule has 0 amide bonds. The van der Waals surface area contributed by atoms with Gasteiger partial charge in [-0.25, -0.2) is 4.98 Å². The molecule has 0 fully saturated rings. The average Bonchev–Trinajstić information content (AvgIpc) is 3.26. The van der Waals surface area contributed by atoms with Crippen LogP contribution in [0.5, 0.6) is 0 Å². The Morgan fingerprint density at radius 3 is 2.55 bits per heavy atom. The molecule has 3 aromatic carbocycles.